The minimum absolute atomic E-state index is 0.0736. The largest absolute Gasteiger partial charge is 0.481 e. The van der Waals surface area contributed by atoms with Crippen molar-refractivity contribution in [1.82, 2.24) is 20.0 Å². The molecule has 21 heavy (non-hydrogen) atoms. The number of rotatable bonds is 4. The summed E-state index contributed by atoms with van der Waals surface area (Å²) in [6.07, 6.45) is 6.33. The van der Waals surface area contributed by atoms with Crippen molar-refractivity contribution in [2.45, 2.75) is 38.3 Å². The Bertz CT molecular complexity index is 506. The highest BCUT2D eigenvalue weighted by atomic mass is 16.4. The van der Waals surface area contributed by atoms with E-state index in [1.165, 1.54) is 0 Å². The first kappa shape index (κ1) is 15.3. The summed E-state index contributed by atoms with van der Waals surface area (Å²) in [4.78, 5) is 24.6. The van der Waals surface area contributed by atoms with Gasteiger partial charge < -0.3 is 15.3 Å². The van der Waals surface area contributed by atoms with Crippen LogP contribution in [0, 0.1) is 5.92 Å². The molecule has 0 spiro atoms. The van der Waals surface area contributed by atoms with Gasteiger partial charge in [0, 0.05) is 31.9 Å². The second kappa shape index (κ2) is 6.60. The predicted octanol–water partition coefficient (Wildman–Crippen LogP) is 1.20. The minimum atomic E-state index is -0.728. The molecule has 0 aromatic carbocycles. The van der Waals surface area contributed by atoms with E-state index in [0.29, 0.717) is 19.4 Å². The number of hydrogen-bond donors (Lipinski definition) is 2. The molecule has 2 rings (SSSR count). The summed E-state index contributed by atoms with van der Waals surface area (Å²) in [5.74, 6) is -0.986. The van der Waals surface area contributed by atoms with Gasteiger partial charge in [-0.1, -0.05) is 0 Å². The van der Waals surface area contributed by atoms with Crippen molar-refractivity contribution < 1.29 is 14.7 Å². The Morgan fingerprint density at radius 2 is 2.10 bits per heavy atom. The van der Waals surface area contributed by atoms with Gasteiger partial charge in [-0.25, -0.2) is 4.79 Å². The molecule has 1 heterocycles. The van der Waals surface area contributed by atoms with E-state index in [4.69, 9.17) is 5.11 Å². The highest BCUT2D eigenvalue weighted by molar-refractivity contribution is 5.74. The van der Waals surface area contributed by atoms with Crippen molar-refractivity contribution in [1.29, 1.82) is 0 Å². The maximum absolute atomic E-state index is 12.1. The molecule has 7 heteroatoms. The number of nitrogens with zero attached hydrogens (tertiary/aromatic N) is 3. The van der Waals surface area contributed by atoms with E-state index in [9.17, 15) is 9.59 Å². The van der Waals surface area contributed by atoms with Gasteiger partial charge in [0.05, 0.1) is 18.7 Å². The lowest BCUT2D eigenvalue weighted by Gasteiger charge is -2.28. The molecule has 0 atom stereocenters. The average Bonchev–Trinajstić information content (AvgIpc) is 2.84. The number of carboxylic acids is 1. The van der Waals surface area contributed by atoms with E-state index in [1.807, 2.05) is 13.2 Å². The minimum Gasteiger partial charge on any atom is -0.481 e. The Balaban J connectivity index is 1.77. The van der Waals surface area contributed by atoms with Crippen molar-refractivity contribution in [2.24, 2.45) is 13.0 Å². The second-order valence-corrected chi connectivity index (χ2v) is 5.71. The first-order valence-corrected chi connectivity index (χ1v) is 7.17. The monoisotopic (exact) mass is 294 g/mol. The fraction of sp³-hybridized carbons (Fsp3) is 0.643. The van der Waals surface area contributed by atoms with Crippen molar-refractivity contribution in [3.05, 3.63) is 18.0 Å². The van der Waals surface area contributed by atoms with Gasteiger partial charge in [-0.05, 0) is 25.7 Å². The number of hydrogen-bond acceptors (Lipinski definition) is 3. The predicted molar refractivity (Wildman–Crippen MR) is 76.6 cm³/mol. The number of nitrogens with one attached hydrogen (secondary N) is 1. The second-order valence-electron chi connectivity index (χ2n) is 5.71. The van der Waals surface area contributed by atoms with E-state index >= 15 is 0 Å². The molecule has 1 aliphatic carbocycles. The van der Waals surface area contributed by atoms with Crippen LogP contribution in [0.2, 0.25) is 0 Å². The first-order valence-electron chi connectivity index (χ1n) is 7.17. The summed E-state index contributed by atoms with van der Waals surface area (Å²) >= 11 is 0. The maximum atomic E-state index is 12.1. The summed E-state index contributed by atoms with van der Waals surface area (Å²) in [6, 6.07) is -0.0536. The molecular formula is C14H22N4O3. The molecular weight excluding hydrogens is 272 g/mol. The molecule has 7 nitrogen and oxygen atoms in total. The fourth-order valence-corrected chi connectivity index (χ4v) is 2.67. The van der Waals surface area contributed by atoms with Crippen LogP contribution in [0.1, 0.15) is 31.2 Å². The van der Waals surface area contributed by atoms with E-state index in [2.05, 4.69) is 10.4 Å². The van der Waals surface area contributed by atoms with Crippen molar-refractivity contribution >= 4 is 12.0 Å². The lowest BCUT2D eigenvalue weighted by molar-refractivity contribution is -0.142. The Kier molecular flexibility index (Phi) is 4.82. The zero-order chi connectivity index (χ0) is 15.4. The number of aliphatic carboxylic acids is 1. The van der Waals surface area contributed by atoms with Gasteiger partial charge in [0.2, 0.25) is 0 Å². The van der Waals surface area contributed by atoms with Crippen LogP contribution in [0.25, 0.3) is 0 Å². The van der Waals surface area contributed by atoms with Crippen LogP contribution in [0.5, 0.6) is 0 Å². The molecule has 0 bridgehead atoms. The number of aryl methyl sites for hydroxylation is 1. The highest BCUT2D eigenvalue weighted by Crippen LogP contribution is 2.24. The van der Waals surface area contributed by atoms with Crippen molar-refractivity contribution in [3.8, 4) is 0 Å². The molecule has 1 saturated carbocycles. The summed E-state index contributed by atoms with van der Waals surface area (Å²) in [7, 11) is 3.58. The number of aromatic nitrogens is 2. The van der Waals surface area contributed by atoms with Crippen LogP contribution in [0.3, 0.4) is 0 Å². The molecule has 0 unspecified atom stereocenters. The van der Waals surface area contributed by atoms with Gasteiger partial charge in [-0.15, -0.1) is 0 Å². The Morgan fingerprint density at radius 1 is 1.43 bits per heavy atom. The quantitative estimate of drug-likeness (QED) is 0.873. The third-order valence-corrected chi connectivity index (χ3v) is 3.93. The molecule has 1 aromatic rings. The first-order chi connectivity index (χ1) is 9.95. The molecule has 2 N–H and O–H groups in total. The summed E-state index contributed by atoms with van der Waals surface area (Å²) < 4.78 is 1.70. The smallest absolute Gasteiger partial charge is 0.317 e. The standard InChI is InChI=1S/C14H22N4O3/c1-17(8-10-7-15-18(2)9-10)14(21)16-12-5-3-11(4-6-12)13(19)20/h7,9,11-12H,3-6,8H2,1-2H3,(H,16,21)(H,19,20). The van der Waals surface area contributed by atoms with Crippen LogP contribution in [-0.2, 0) is 18.4 Å². The summed E-state index contributed by atoms with van der Waals surface area (Å²) in [6.45, 7) is 0.504. The molecule has 0 aliphatic heterocycles. The summed E-state index contributed by atoms with van der Waals surface area (Å²) in [5, 5.41) is 16.0. The summed E-state index contributed by atoms with van der Waals surface area (Å²) in [5.41, 5.74) is 0.977. The molecule has 116 valence electrons. The van der Waals surface area contributed by atoms with Crippen LogP contribution < -0.4 is 5.32 Å². The lowest BCUT2D eigenvalue weighted by atomic mass is 9.86. The van der Waals surface area contributed by atoms with E-state index in [0.717, 1.165) is 18.4 Å². The van der Waals surface area contributed by atoms with E-state index < -0.39 is 5.97 Å². The zero-order valence-corrected chi connectivity index (χ0v) is 12.5. The van der Waals surface area contributed by atoms with Crippen LogP contribution in [-0.4, -0.2) is 44.9 Å². The lowest BCUT2D eigenvalue weighted by Crippen LogP contribution is -2.44. The molecule has 0 saturated heterocycles. The van der Waals surface area contributed by atoms with Crippen LogP contribution in [0.4, 0.5) is 4.79 Å². The van der Waals surface area contributed by atoms with Gasteiger partial charge in [0.15, 0.2) is 0 Å². The molecule has 1 aromatic heterocycles. The van der Waals surface area contributed by atoms with Crippen molar-refractivity contribution in [3.63, 3.8) is 0 Å². The number of carbonyl (C=O) groups is 2. The number of amides is 2. The van der Waals surface area contributed by atoms with E-state index in [1.54, 1.807) is 22.8 Å². The van der Waals surface area contributed by atoms with Gasteiger partial charge in [0.1, 0.15) is 0 Å². The average molecular weight is 294 g/mol. The number of carboxylic acid groups (broad SMARTS) is 1. The van der Waals surface area contributed by atoms with E-state index in [-0.39, 0.29) is 18.0 Å². The molecule has 2 amide bonds. The number of carbonyl (C=O) groups excluding carboxylic acids is 1. The maximum Gasteiger partial charge on any atom is 0.317 e. The van der Waals surface area contributed by atoms with Crippen molar-refractivity contribution in [2.75, 3.05) is 7.05 Å². The third kappa shape index (κ3) is 4.21. The van der Waals surface area contributed by atoms with Crippen LogP contribution >= 0.6 is 0 Å². The van der Waals surface area contributed by atoms with Gasteiger partial charge in [-0.3, -0.25) is 9.48 Å². The SMILES string of the molecule is CN(Cc1cnn(C)c1)C(=O)NC1CCC(C(=O)O)CC1. The van der Waals surface area contributed by atoms with Gasteiger partial charge in [0.25, 0.3) is 0 Å². The van der Waals surface area contributed by atoms with Gasteiger partial charge in [-0.2, -0.15) is 5.10 Å². The number of urea groups is 1. The molecule has 1 fully saturated rings. The third-order valence-electron chi connectivity index (χ3n) is 3.93. The van der Waals surface area contributed by atoms with Gasteiger partial charge >= 0.3 is 12.0 Å². The normalized spacial score (nSPS) is 21.8. The zero-order valence-electron chi connectivity index (χ0n) is 12.5. The Morgan fingerprint density at radius 3 is 2.62 bits per heavy atom. The molecule has 0 radical (unpaired) electrons. The Hall–Kier alpha value is -2.05. The Labute approximate surface area is 123 Å². The molecule has 1 aliphatic rings. The highest BCUT2D eigenvalue weighted by Gasteiger charge is 2.27. The van der Waals surface area contributed by atoms with Crippen LogP contribution in [0.15, 0.2) is 12.4 Å². The fourth-order valence-electron chi connectivity index (χ4n) is 2.67. The topological polar surface area (TPSA) is 87.5 Å².